The number of aromatic nitrogens is 1. The Hall–Kier alpha value is -1.49. The zero-order valence-electron chi connectivity index (χ0n) is 12.2. The topological polar surface area (TPSA) is 24.9 Å². The SMILES string of the molecule is CNC(Cc1nc(-c2ccccc2)cs1)c1cscc1C. The second-order valence-corrected chi connectivity index (χ2v) is 6.73. The number of nitrogens with zero attached hydrogens (tertiary/aromatic N) is 1. The van der Waals surface area contributed by atoms with Crippen LogP contribution in [0.4, 0.5) is 0 Å². The van der Waals surface area contributed by atoms with Crippen LogP contribution in [0.25, 0.3) is 11.3 Å². The molecule has 4 heteroatoms. The number of hydrogen-bond acceptors (Lipinski definition) is 4. The summed E-state index contributed by atoms with van der Waals surface area (Å²) in [4.78, 5) is 4.79. The van der Waals surface area contributed by atoms with Gasteiger partial charge in [0.1, 0.15) is 0 Å². The zero-order chi connectivity index (χ0) is 14.7. The smallest absolute Gasteiger partial charge is 0.0951 e. The molecule has 0 aliphatic heterocycles. The van der Waals surface area contributed by atoms with Gasteiger partial charge in [0.2, 0.25) is 0 Å². The first kappa shape index (κ1) is 14.4. The van der Waals surface area contributed by atoms with E-state index in [9.17, 15) is 0 Å². The molecule has 2 aromatic heterocycles. The predicted octanol–water partition coefficient (Wildman–Crippen LogP) is 4.68. The Morgan fingerprint density at radius 2 is 1.95 bits per heavy atom. The van der Waals surface area contributed by atoms with Crippen LogP contribution in [0.15, 0.2) is 46.5 Å². The molecule has 0 saturated carbocycles. The van der Waals surface area contributed by atoms with E-state index >= 15 is 0 Å². The van der Waals surface area contributed by atoms with E-state index < -0.39 is 0 Å². The highest BCUT2D eigenvalue weighted by Crippen LogP contribution is 2.28. The normalized spacial score (nSPS) is 12.5. The molecule has 0 aliphatic rings. The van der Waals surface area contributed by atoms with E-state index in [0.717, 1.165) is 12.1 Å². The van der Waals surface area contributed by atoms with Crippen molar-refractivity contribution in [2.75, 3.05) is 7.05 Å². The Balaban J connectivity index is 1.79. The molecule has 0 aliphatic carbocycles. The fourth-order valence-corrected chi connectivity index (χ4v) is 4.17. The summed E-state index contributed by atoms with van der Waals surface area (Å²) >= 11 is 3.51. The van der Waals surface area contributed by atoms with Crippen LogP contribution >= 0.6 is 22.7 Å². The molecular formula is C17H18N2S2. The average Bonchev–Trinajstić information content (AvgIpc) is 3.15. The summed E-state index contributed by atoms with van der Waals surface area (Å²) in [6.07, 6.45) is 0.936. The number of nitrogens with one attached hydrogen (secondary N) is 1. The third-order valence-corrected chi connectivity index (χ3v) is 5.37. The molecule has 0 radical (unpaired) electrons. The Morgan fingerprint density at radius 3 is 2.62 bits per heavy atom. The molecule has 0 amide bonds. The Bertz CT molecular complexity index is 700. The van der Waals surface area contributed by atoms with Gasteiger partial charge in [-0.3, -0.25) is 0 Å². The third kappa shape index (κ3) is 3.23. The van der Waals surface area contributed by atoms with Crippen molar-refractivity contribution in [2.24, 2.45) is 0 Å². The van der Waals surface area contributed by atoms with E-state index in [1.54, 1.807) is 22.7 Å². The maximum Gasteiger partial charge on any atom is 0.0951 e. The standard InChI is InChI=1S/C17H18N2S2/c1-12-9-20-10-14(12)15(18-2)8-17-19-16(11-21-17)13-6-4-3-5-7-13/h3-7,9-11,15,18H,8H2,1-2H3. The molecule has 21 heavy (non-hydrogen) atoms. The summed E-state index contributed by atoms with van der Waals surface area (Å²) in [6.45, 7) is 2.17. The molecule has 0 spiro atoms. The van der Waals surface area contributed by atoms with E-state index in [1.165, 1.54) is 21.7 Å². The lowest BCUT2D eigenvalue weighted by Gasteiger charge is -2.14. The van der Waals surface area contributed by atoms with E-state index in [1.807, 2.05) is 13.1 Å². The van der Waals surface area contributed by atoms with Crippen molar-refractivity contribution in [3.8, 4) is 11.3 Å². The fraction of sp³-hybridized carbons (Fsp3) is 0.235. The third-order valence-electron chi connectivity index (χ3n) is 3.62. The molecular weight excluding hydrogens is 296 g/mol. The number of aryl methyl sites for hydroxylation is 1. The summed E-state index contributed by atoms with van der Waals surface area (Å²) in [7, 11) is 2.02. The van der Waals surface area contributed by atoms with Crippen LogP contribution in [-0.2, 0) is 6.42 Å². The van der Waals surface area contributed by atoms with Crippen molar-refractivity contribution in [3.63, 3.8) is 0 Å². The van der Waals surface area contributed by atoms with E-state index in [-0.39, 0.29) is 0 Å². The van der Waals surface area contributed by atoms with Gasteiger partial charge >= 0.3 is 0 Å². The lowest BCUT2D eigenvalue weighted by molar-refractivity contribution is 0.589. The minimum absolute atomic E-state index is 0.339. The molecule has 1 unspecified atom stereocenters. The van der Waals surface area contributed by atoms with Crippen molar-refractivity contribution >= 4 is 22.7 Å². The molecule has 1 atom stereocenters. The van der Waals surface area contributed by atoms with E-state index in [2.05, 4.69) is 52.6 Å². The van der Waals surface area contributed by atoms with Crippen molar-refractivity contribution in [1.82, 2.24) is 10.3 Å². The lowest BCUT2D eigenvalue weighted by atomic mass is 10.0. The van der Waals surface area contributed by atoms with E-state index in [4.69, 9.17) is 4.98 Å². The van der Waals surface area contributed by atoms with Gasteiger partial charge < -0.3 is 5.32 Å². The molecule has 3 rings (SSSR count). The minimum Gasteiger partial charge on any atom is -0.313 e. The number of thiazole rings is 1. The number of hydrogen-bond donors (Lipinski definition) is 1. The first-order valence-corrected chi connectivity index (χ1v) is 8.80. The van der Waals surface area contributed by atoms with Gasteiger partial charge in [0.25, 0.3) is 0 Å². The van der Waals surface area contributed by atoms with Crippen LogP contribution in [0, 0.1) is 6.92 Å². The first-order valence-electron chi connectivity index (χ1n) is 6.97. The molecule has 2 heterocycles. The van der Waals surface area contributed by atoms with Gasteiger partial charge in [0.05, 0.1) is 10.7 Å². The Morgan fingerprint density at radius 1 is 1.14 bits per heavy atom. The first-order chi connectivity index (χ1) is 10.3. The second-order valence-electron chi connectivity index (χ2n) is 5.05. The van der Waals surface area contributed by atoms with E-state index in [0.29, 0.717) is 6.04 Å². The lowest BCUT2D eigenvalue weighted by Crippen LogP contribution is -2.18. The molecule has 1 N–H and O–H groups in total. The minimum atomic E-state index is 0.339. The summed E-state index contributed by atoms with van der Waals surface area (Å²) in [5, 5.41) is 11.2. The summed E-state index contributed by atoms with van der Waals surface area (Å²) in [5.41, 5.74) is 5.01. The fourth-order valence-electron chi connectivity index (χ4n) is 2.42. The van der Waals surface area contributed by atoms with Crippen LogP contribution in [0.2, 0.25) is 0 Å². The number of benzene rings is 1. The molecule has 2 nitrogen and oxygen atoms in total. The van der Waals surface area contributed by atoms with Gasteiger partial charge in [-0.2, -0.15) is 11.3 Å². The summed E-state index contributed by atoms with van der Waals surface area (Å²) in [5.74, 6) is 0. The van der Waals surface area contributed by atoms with Crippen molar-refractivity contribution in [2.45, 2.75) is 19.4 Å². The van der Waals surface area contributed by atoms with Crippen molar-refractivity contribution in [3.05, 3.63) is 62.6 Å². The second kappa shape index (κ2) is 6.52. The number of likely N-dealkylation sites (N-methyl/N-ethyl adjacent to an activating group) is 1. The molecule has 3 aromatic rings. The van der Waals surface area contributed by atoms with Gasteiger partial charge in [0, 0.05) is 23.4 Å². The maximum atomic E-state index is 4.79. The highest BCUT2D eigenvalue weighted by molar-refractivity contribution is 7.10. The van der Waals surface area contributed by atoms with Crippen molar-refractivity contribution in [1.29, 1.82) is 0 Å². The number of thiophene rings is 1. The van der Waals surface area contributed by atoms with Gasteiger partial charge in [-0.05, 0) is 35.9 Å². The highest BCUT2D eigenvalue weighted by atomic mass is 32.1. The Kier molecular flexibility index (Phi) is 4.48. The van der Waals surface area contributed by atoms with Gasteiger partial charge in [0.15, 0.2) is 0 Å². The predicted molar refractivity (Wildman–Crippen MR) is 92.1 cm³/mol. The maximum absolute atomic E-state index is 4.79. The van der Waals surface area contributed by atoms with Crippen molar-refractivity contribution < 1.29 is 0 Å². The van der Waals surface area contributed by atoms with Crippen LogP contribution < -0.4 is 5.32 Å². The monoisotopic (exact) mass is 314 g/mol. The van der Waals surface area contributed by atoms with Gasteiger partial charge in [-0.1, -0.05) is 30.3 Å². The largest absolute Gasteiger partial charge is 0.313 e. The molecule has 0 saturated heterocycles. The Labute approximate surface area is 133 Å². The van der Waals surface area contributed by atoms with Gasteiger partial charge in [-0.25, -0.2) is 4.98 Å². The van der Waals surface area contributed by atoms with Gasteiger partial charge in [-0.15, -0.1) is 11.3 Å². The van der Waals surface area contributed by atoms with Crippen LogP contribution in [-0.4, -0.2) is 12.0 Å². The number of rotatable bonds is 5. The van der Waals surface area contributed by atoms with Crippen LogP contribution in [0.1, 0.15) is 22.2 Å². The van der Waals surface area contributed by atoms with Crippen LogP contribution in [0.5, 0.6) is 0 Å². The van der Waals surface area contributed by atoms with Crippen LogP contribution in [0.3, 0.4) is 0 Å². The molecule has 108 valence electrons. The average molecular weight is 314 g/mol. The zero-order valence-corrected chi connectivity index (χ0v) is 13.8. The molecule has 0 bridgehead atoms. The summed E-state index contributed by atoms with van der Waals surface area (Å²) in [6, 6.07) is 10.7. The molecule has 0 fully saturated rings. The molecule has 1 aromatic carbocycles. The highest BCUT2D eigenvalue weighted by Gasteiger charge is 2.15. The summed E-state index contributed by atoms with van der Waals surface area (Å²) < 4.78 is 0. The quantitative estimate of drug-likeness (QED) is 0.739.